The summed E-state index contributed by atoms with van der Waals surface area (Å²) in [4.78, 5) is 10.6. The Morgan fingerprint density at radius 1 is 1.32 bits per heavy atom. The second-order valence-electron chi connectivity index (χ2n) is 4.69. The van der Waals surface area contributed by atoms with Gasteiger partial charge in [-0.05, 0) is 17.2 Å². The molecule has 1 aromatic rings. The van der Waals surface area contributed by atoms with Crippen molar-refractivity contribution >= 4 is 21.9 Å². The first-order valence-electron chi connectivity index (χ1n) is 5.88. The molecule has 0 bridgehead atoms. The van der Waals surface area contributed by atoms with Crippen molar-refractivity contribution in [1.82, 2.24) is 0 Å². The third-order valence-corrected chi connectivity index (χ3v) is 4.87. The summed E-state index contributed by atoms with van der Waals surface area (Å²) in [5, 5.41) is 10.5. The van der Waals surface area contributed by atoms with Gasteiger partial charge in [0.2, 0.25) is 0 Å². The van der Waals surface area contributed by atoms with Gasteiger partial charge in [-0.2, -0.15) is 0 Å². The number of rotatable bonds is 3. The van der Waals surface area contributed by atoms with Gasteiger partial charge in [-0.1, -0.05) is 24.3 Å². The number of benzene rings is 1. The number of epoxide rings is 1. The van der Waals surface area contributed by atoms with E-state index in [0.29, 0.717) is 4.91 Å². The summed E-state index contributed by atoms with van der Waals surface area (Å²) in [7, 11) is -1.61. The molecule has 0 N–H and O–H groups in total. The van der Waals surface area contributed by atoms with Gasteiger partial charge in [-0.3, -0.25) is 10.1 Å². The summed E-state index contributed by atoms with van der Waals surface area (Å²) in [6, 6.07) is 7.82. The maximum Gasteiger partial charge on any atom is 0.281 e. The van der Waals surface area contributed by atoms with Crippen LogP contribution in [-0.4, -0.2) is 27.2 Å². The van der Waals surface area contributed by atoms with Gasteiger partial charge in [-0.15, -0.1) is 0 Å². The number of hydrogen-bond donors (Lipinski definition) is 0. The van der Waals surface area contributed by atoms with Crippen LogP contribution in [-0.2, 0) is 15.5 Å². The Balaban J connectivity index is 1.78. The molecule has 19 heavy (non-hydrogen) atoms. The minimum Gasteiger partial charge on any atom is -0.360 e. The lowest BCUT2D eigenvalue weighted by Gasteiger charge is -2.29. The number of nitrogens with zero attached hydrogens (tertiary/aromatic N) is 1. The van der Waals surface area contributed by atoms with E-state index < -0.39 is 21.6 Å². The van der Waals surface area contributed by atoms with Gasteiger partial charge >= 0.3 is 0 Å². The Bertz CT molecular complexity index is 706. The third-order valence-electron chi connectivity index (χ3n) is 3.60. The summed E-state index contributed by atoms with van der Waals surface area (Å²) in [6.45, 7) is 0. The van der Waals surface area contributed by atoms with Crippen molar-refractivity contribution in [1.29, 1.82) is 0 Å². The topological polar surface area (TPSA) is 72.7 Å². The highest BCUT2D eigenvalue weighted by molar-refractivity contribution is 7.89. The summed E-state index contributed by atoms with van der Waals surface area (Å²) in [5.74, 6) is -0.553. The van der Waals surface area contributed by atoms with Gasteiger partial charge in [0.1, 0.15) is 23.0 Å². The molecule has 1 fully saturated rings. The van der Waals surface area contributed by atoms with Gasteiger partial charge in [0, 0.05) is 16.1 Å². The molecule has 0 aromatic heterocycles. The maximum atomic E-state index is 12.1. The normalized spacial score (nSPS) is 27.5. The van der Waals surface area contributed by atoms with Gasteiger partial charge in [0.05, 0.1) is 4.91 Å². The smallest absolute Gasteiger partial charge is 0.281 e. The van der Waals surface area contributed by atoms with Crippen molar-refractivity contribution < 1.29 is 13.9 Å². The van der Waals surface area contributed by atoms with Crippen molar-refractivity contribution in [3.63, 3.8) is 0 Å². The first-order valence-corrected chi connectivity index (χ1v) is 7.20. The Labute approximate surface area is 111 Å². The number of allylic oxidation sites excluding steroid dienone is 1. The second kappa shape index (κ2) is 3.61. The van der Waals surface area contributed by atoms with E-state index in [1.165, 1.54) is 0 Å². The fourth-order valence-electron chi connectivity index (χ4n) is 2.78. The number of nitro groups is 1. The Morgan fingerprint density at radius 2 is 2.05 bits per heavy atom. The van der Waals surface area contributed by atoms with E-state index in [-0.39, 0.29) is 12.2 Å². The first-order chi connectivity index (χ1) is 9.16. The molecule has 4 rings (SSSR count). The molecular weight excluding hydrogens is 266 g/mol. The zero-order chi connectivity index (χ0) is 13.1. The van der Waals surface area contributed by atoms with Crippen LogP contribution < -0.4 is 0 Å². The largest absolute Gasteiger partial charge is 0.360 e. The predicted octanol–water partition coefficient (Wildman–Crippen LogP) is 1.56. The zero-order valence-electron chi connectivity index (χ0n) is 9.74. The van der Waals surface area contributed by atoms with Crippen molar-refractivity contribution in [3.05, 3.63) is 56.5 Å². The standard InChI is InChI=1S/C13H9NO4S/c15-14(16)6-19(17)10-5-9-13(18-9)12-8-4-2-1-3-7(8)11(10)12/h1-5,9,13H,6H2. The third kappa shape index (κ3) is 1.47. The van der Waals surface area contributed by atoms with Gasteiger partial charge in [-0.25, -0.2) is 4.21 Å². The first kappa shape index (κ1) is 11.1. The molecule has 96 valence electrons. The predicted molar refractivity (Wildman–Crippen MR) is 70.0 cm³/mol. The highest BCUT2D eigenvalue weighted by Gasteiger charge is 2.51. The molecule has 1 saturated heterocycles. The number of hydrogen-bond acceptors (Lipinski definition) is 4. The minimum atomic E-state index is -1.61. The molecule has 3 unspecified atom stereocenters. The summed E-state index contributed by atoms with van der Waals surface area (Å²) < 4.78 is 17.6. The van der Waals surface area contributed by atoms with Crippen LogP contribution in [0, 0.1) is 10.1 Å². The molecule has 1 aromatic carbocycles. The fraction of sp³-hybridized carbons (Fsp3) is 0.231. The van der Waals surface area contributed by atoms with Crippen LogP contribution in [0.5, 0.6) is 0 Å². The van der Waals surface area contributed by atoms with Gasteiger partial charge in [0.15, 0.2) is 0 Å². The summed E-state index contributed by atoms with van der Waals surface area (Å²) in [5.41, 5.74) is 4.10. The average molecular weight is 275 g/mol. The summed E-state index contributed by atoms with van der Waals surface area (Å²) in [6.07, 6.45) is 1.78. The fourth-order valence-corrected chi connectivity index (χ4v) is 3.85. The van der Waals surface area contributed by atoms with Crippen LogP contribution in [0.4, 0.5) is 0 Å². The van der Waals surface area contributed by atoms with E-state index in [9.17, 15) is 14.3 Å². The molecule has 2 aliphatic carbocycles. The highest BCUT2D eigenvalue weighted by Crippen LogP contribution is 2.56. The lowest BCUT2D eigenvalue weighted by Crippen LogP contribution is -2.21. The summed E-state index contributed by atoms with van der Waals surface area (Å²) >= 11 is 0. The van der Waals surface area contributed by atoms with E-state index >= 15 is 0 Å². The van der Waals surface area contributed by atoms with Crippen molar-refractivity contribution in [2.24, 2.45) is 0 Å². The van der Waals surface area contributed by atoms with Gasteiger partial charge in [0.25, 0.3) is 5.88 Å². The molecule has 6 heteroatoms. The monoisotopic (exact) mass is 275 g/mol. The average Bonchev–Trinajstić information content (AvgIpc) is 3.10. The SMILES string of the molecule is O=[N+]([O-])CS(=O)C1=CC2OC2C2=C1c1ccccc12. The van der Waals surface area contributed by atoms with Crippen LogP contribution >= 0.6 is 0 Å². The Kier molecular flexibility index (Phi) is 2.11. The molecule has 0 amide bonds. The minimum absolute atomic E-state index is 0.0567. The van der Waals surface area contributed by atoms with Crippen LogP contribution in [0.2, 0.25) is 0 Å². The van der Waals surface area contributed by atoms with Crippen LogP contribution in [0.15, 0.2) is 35.2 Å². The zero-order valence-corrected chi connectivity index (χ0v) is 10.6. The van der Waals surface area contributed by atoms with Gasteiger partial charge < -0.3 is 4.74 Å². The van der Waals surface area contributed by atoms with E-state index in [1.54, 1.807) is 6.08 Å². The van der Waals surface area contributed by atoms with Crippen LogP contribution in [0.3, 0.4) is 0 Å². The van der Waals surface area contributed by atoms with E-state index in [1.807, 2.05) is 24.3 Å². The Hall–Kier alpha value is -1.79. The molecule has 0 radical (unpaired) electrons. The van der Waals surface area contributed by atoms with E-state index in [2.05, 4.69) is 0 Å². The quantitative estimate of drug-likeness (QED) is 0.476. The Morgan fingerprint density at radius 3 is 2.79 bits per heavy atom. The molecule has 0 spiro atoms. The van der Waals surface area contributed by atoms with E-state index in [4.69, 9.17) is 4.74 Å². The second-order valence-corrected chi connectivity index (χ2v) is 6.08. The van der Waals surface area contributed by atoms with E-state index in [0.717, 1.165) is 22.3 Å². The molecule has 0 saturated carbocycles. The lowest BCUT2D eigenvalue weighted by molar-refractivity contribution is -0.457. The van der Waals surface area contributed by atoms with Crippen molar-refractivity contribution in [2.45, 2.75) is 12.2 Å². The molecule has 1 aliphatic heterocycles. The van der Waals surface area contributed by atoms with Crippen molar-refractivity contribution in [2.75, 3.05) is 5.88 Å². The highest BCUT2D eigenvalue weighted by atomic mass is 32.2. The molecule has 3 aliphatic rings. The molecule has 1 heterocycles. The number of fused-ring (bicyclic) bond motifs is 5. The lowest BCUT2D eigenvalue weighted by atomic mass is 9.76. The number of ether oxygens (including phenoxy) is 1. The molecule has 3 atom stereocenters. The molecular formula is C13H9NO4S. The molecule has 5 nitrogen and oxygen atoms in total. The van der Waals surface area contributed by atoms with Crippen LogP contribution in [0.1, 0.15) is 11.1 Å². The van der Waals surface area contributed by atoms with Crippen molar-refractivity contribution in [3.8, 4) is 0 Å². The van der Waals surface area contributed by atoms with Crippen LogP contribution in [0.25, 0.3) is 11.1 Å². The maximum absolute atomic E-state index is 12.1.